The zero-order valence-corrected chi connectivity index (χ0v) is 11.0. The molecule has 2 aromatic carbocycles. The molecule has 4 rings (SSSR count). The molecule has 0 amide bonds. The van der Waals surface area contributed by atoms with E-state index >= 15 is 0 Å². The summed E-state index contributed by atoms with van der Waals surface area (Å²) in [5.74, 6) is 0. The van der Waals surface area contributed by atoms with Crippen LogP contribution in [-0.4, -0.2) is 9.38 Å². The van der Waals surface area contributed by atoms with Crippen molar-refractivity contribution >= 4 is 27.6 Å². The van der Waals surface area contributed by atoms with Crippen molar-refractivity contribution in [3.8, 4) is 6.07 Å². The Morgan fingerprint density at radius 1 is 1.05 bits per heavy atom. The van der Waals surface area contributed by atoms with Crippen LogP contribution in [-0.2, 0) is 0 Å². The van der Waals surface area contributed by atoms with Gasteiger partial charge in [-0.1, -0.05) is 24.3 Å². The third kappa shape index (κ3) is 1.36. The van der Waals surface area contributed by atoms with Crippen LogP contribution in [0.1, 0.15) is 11.1 Å². The van der Waals surface area contributed by atoms with E-state index in [1.54, 1.807) is 0 Å². The van der Waals surface area contributed by atoms with Gasteiger partial charge >= 0.3 is 0 Å². The maximum absolute atomic E-state index is 9.37. The van der Waals surface area contributed by atoms with Crippen molar-refractivity contribution in [3.63, 3.8) is 0 Å². The number of nitrogens with zero attached hydrogens (tertiary/aromatic N) is 3. The Labute approximate surface area is 115 Å². The number of benzene rings is 2. The molecule has 0 unspecified atom stereocenters. The summed E-state index contributed by atoms with van der Waals surface area (Å²) in [7, 11) is 0. The van der Waals surface area contributed by atoms with Crippen molar-refractivity contribution in [1.82, 2.24) is 9.38 Å². The van der Waals surface area contributed by atoms with Crippen LogP contribution in [0.25, 0.3) is 27.6 Å². The molecule has 2 heterocycles. The molecule has 2 aromatic heterocycles. The second-order valence-electron chi connectivity index (χ2n) is 4.99. The molecule has 0 aliphatic rings. The van der Waals surface area contributed by atoms with Crippen molar-refractivity contribution < 1.29 is 0 Å². The molecule has 0 N–H and O–H groups in total. The number of hydrogen-bond donors (Lipinski definition) is 0. The second-order valence-corrected chi connectivity index (χ2v) is 4.99. The van der Waals surface area contributed by atoms with Crippen LogP contribution in [0.4, 0.5) is 0 Å². The third-order valence-corrected chi connectivity index (χ3v) is 3.65. The molecule has 3 nitrogen and oxygen atoms in total. The lowest BCUT2D eigenvalue weighted by atomic mass is 10.1. The van der Waals surface area contributed by atoms with Gasteiger partial charge in [0.15, 0.2) is 5.65 Å². The summed E-state index contributed by atoms with van der Waals surface area (Å²) in [4.78, 5) is 4.64. The van der Waals surface area contributed by atoms with Crippen molar-refractivity contribution in [1.29, 1.82) is 5.26 Å². The monoisotopic (exact) mass is 257 g/mol. The average molecular weight is 257 g/mol. The van der Waals surface area contributed by atoms with Crippen LogP contribution >= 0.6 is 0 Å². The summed E-state index contributed by atoms with van der Waals surface area (Å²) >= 11 is 0. The SMILES string of the molecule is Cc1ccc2c(c1)nc1c(C#N)cc3ccccc3n12. The largest absolute Gasteiger partial charge is 0.291 e. The van der Waals surface area contributed by atoms with Gasteiger partial charge in [-0.3, -0.25) is 4.40 Å². The zero-order valence-electron chi connectivity index (χ0n) is 11.0. The Morgan fingerprint density at radius 3 is 2.75 bits per heavy atom. The van der Waals surface area contributed by atoms with Crippen LogP contribution < -0.4 is 0 Å². The number of rotatable bonds is 0. The second kappa shape index (κ2) is 3.82. The van der Waals surface area contributed by atoms with E-state index in [9.17, 15) is 5.26 Å². The first kappa shape index (κ1) is 11.0. The molecule has 3 heteroatoms. The topological polar surface area (TPSA) is 41.1 Å². The molecule has 0 fully saturated rings. The van der Waals surface area contributed by atoms with E-state index < -0.39 is 0 Å². The quantitative estimate of drug-likeness (QED) is 0.480. The lowest BCUT2D eigenvalue weighted by Crippen LogP contribution is -1.91. The van der Waals surface area contributed by atoms with Crippen LogP contribution in [0, 0.1) is 18.3 Å². The summed E-state index contributed by atoms with van der Waals surface area (Å²) in [5, 5.41) is 10.4. The van der Waals surface area contributed by atoms with E-state index in [1.165, 1.54) is 5.56 Å². The van der Waals surface area contributed by atoms with Gasteiger partial charge in [0.25, 0.3) is 0 Å². The smallest absolute Gasteiger partial charge is 0.156 e. The van der Waals surface area contributed by atoms with Crippen molar-refractivity contribution in [2.45, 2.75) is 6.92 Å². The first-order chi connectivity index (χ1) is 9.78. The van der Waals surface area contributed by atoms with Gasteiger partial charge in [0.1, 0.15) is 6.07 Å². The fourth-order valence-electron chi connectivity index (χ4n) is 2.73. The Morgan fingerprint density at radius 2 is 1.90 bits per heavy atom. The fourth-order valence-corrected chi connectivity index (χ4v) is 2.73. The number of imidazole rings is 1. The molecule has 4 aromatic rings. The molecule has 0 bridgehead atoms. The Kier molecular flexibility index (Phi) is 2.10. The van der Waals surface area contributed by atoms with Gasteiger partial charge in [-0.05, 0) is 36.8 Å². The summed E-state index contributed by atoms with van der Waals surface area (Å²) in [5.41, 5.74) is 5.55. The van der Waals surface area contributed by atoms with Gasteiger partial charge in [0, 0.05) is 5.39 Å². The van der Waals surface area contributed by atoms with Crippen LogP contribution in [0.3, 0.4) is 0 Å². The molecular formula is C17H11N3. The predicted molar refractivity (Wildman–Crippen MR) is 79.7 cm³/mol. The highest BCUT2D eigenvalue weighted by atomic mass is 15.0. The van der Waals surface area contributed by atoms with E-state index in [4.69, 9.17) is 0 Å². The van der Waals surface area contributed by atoms with E-state index in [0.717, 1.165) is 27.6 Å². The lowest BCUT2D eigenvalue weighted by molar-refractivity contribution is 1.28. The van der Waals surface area contributed by atoms with E-state index in [-0.39, 0.29) is 0 Å². The highest BCUT2D eigenvalue weighted by Gasteiger charge is 2.12. The van der Waals surface area contributed by atoms with Crippen LogP contribution in [0.2, 0.25) is 0 Å². The van der Waals surface area contributed by atoms with Crippen molar-refractivity contribution in [2.24, 2.45) is 0 Å². The lowest BCUT2D eigenvalue weighted by Gasteiger charge is -2.04. The Hall–Kier alpha value is -2.86. The number of aromatic nitrogens is 2. The standard InChI is InChI=1S/C17H11N3/c1-11-6-7-16-14(8-11)19-17-13(10-18)9-12-4-2-3-5-15(12)20(16)17/h2-9H,1H3. The number of fused-ring (bicyclic) bond motifs is 5. The molecule has 0 aliphatic heterocycles. The molecular weight excluding hydrogens is 246 g/mol. The van der Waals surface area contributed by atoms with Crippen LogP contribution in [0.15, 0.2) is 48.5 Å². The Balaban J connectivity index is 2.37. The highest BCUT2D eigenvalue weighted by molar-refractivity contribution is 5.93. The minimum atomic E-state index is 0.609. The van der Waals surface area contributed by atoms with Crippen molar-refractivity contribution in [2.75, 3.05) is 0 Å². The number of nitriles is 1. The first-order valence-corrected chi connectivity index (χ1v) is 6.48. The minimum Gasteiger partial charge on any atom is -0.291 e. The molecule has 0 saturated heterocycles. The van der Waals surface area contributed by atoms with E-state index in [2.05, 4.69) is 39.7 Å². The predicted octanol–water partition coefficient (Wildman–Crippen LogP) is 3.82. The summed E-state index contributed by atoms with van der Waals surface area (Å²) in [6.45, 7) is 2.05. The van der Waals surface area contributed by atoms with E-state index in [1.807, 2.05) is 31.2 Å². The van der Waals surface area contributed by atoms with Crippen molar-refractivity contribution in [3.05, 3.63) is 59.7 Å². The molecule has 20 heavy (non-hydrogen) atoms. The summed E-state index contributed by atoms with van der Waals surface area (Å²) in [6, 6.07) is 18.4. The molecule has 0 saturated carbocycles. The number of pyridine rings is 1. The summed E-state index contributed by atoms with van der Waals surface area (Å²) < 4.78 is 2.07. The van der Waals surface area contributed by atoms with Gasteiger partial charge in [0.2, 0.25) is 0 Å². The summed E-state index contributed by atoms with van der Waals surface area (Å²) in [6.07, 6.45) is 0. The normalized spacial score (nSPS) is 11.2. The van der Waals surface area contributed by atoms with Crippen LogP contribution in [0.5, 0.6) is 0 Å². The maximum atomic E-state index is 9.37. The highest BCUT2D eigenvalue weighted by Crippen LogP contribution is 2.26. The molecule has 0 radical (unpaired) electrons. The molecule has 0 aliphatic carbocycles. The molecule has 0 atom stereocenters. The van der Waals surface area contributed by atoms with Gasteiger partial charge in [-0.15, -0.1) is 0 Å². The minimum absolute atomic E-state index is 0.609. The zero-order chi connectivity index (χ0) is 13.7. The average Bonchev–Trinajstić information content (AvgIpc) is 2.84. The fraction of sp³-hybridized carbons (Fsp3) is 0.0588. The number of hydrogen-bond acceptors (Lipinski definition) is 2. The third-order valence-electron chi connectivity index (χ3n) is 3.65. The number of aryl methyl sites for hydroxylation is 1. The first-order valence-electron chi connectivity index (χ1n) is 6.48. The van der Waals surface area contributed by atoms with Gasteiger partial charge in [0.05, 0.1) is 22.1 Å². The molecule has 0 spiro atoms. The number of para-hydroxylation sites is 1. The maximum Gasteiger partial charge on any atom is 0.156 e. The Bertz CT molecular complexity index is 1020. The molecule has 94 valence electrons. The van der Waals surface area contributed by atoms with Gasteiger partial charge in [-0.2, -0.15) is 5.26 Å². The van der Waals surface area contributed by atoms with Gasteiger partial charge in [-0.25, -0.2) is 4.98 Å². The van der Waals surface area contributed by atoms with Gasteiger partial charge < -0.3 is 0 Å². The van der Waals surface area contributed by atoms with E-state index in [0.29, 0.717) is 5.56 Å².